The monoisotopic (exact) mass is 252 g/mol. The van der Waals surface area contributed by atoms with Crippen molar-refractivity contribution in [3.63, 3.8) is 0 Å². The van der Waals surface area contributed by atoms with Crippen molar-refractivity contribution in [1.82, 2.24) is 10.6 Å². The second-order valence-corrected chi connectivity index (χ2v) is 4.96. The molecule has 0 rings (SSSR count). The van der Waals surface area contributed by atoms with Gasteiger partial charge in [0.25, 0.3) is 0 Å². The minimum Gasteiger partial charge on any atom is -0.393 e. The summed E-state index contributed by atoms with van der Waals surface area (Å²) < 4.78 is 0.964. The van der Waals surface area contributed by atoms with Crippen molar-refractivity contribution in [3.05, 3.63) is 10.0 Å². The molecule has 0 aromatic carbocycles. The fourth-order valence-electron chi connectivity index (χ4n) is 0.632. The Labute approximate surface area is 85.5 Å². The van der Waals surface area contributed by atoms with Crippen LogP contribution in [0, 0.1) is 0 Å². The van der Waals surface area contributed by atoms with E-state index >= 15 is 0 Å². The van der Waals surface area contributed by atoms with Crippen molar-refractivity contribution in [2.75, 3.05) is 7.05 Å². The molecule has 2 N–H and O–H groups in total. The van der Waals surface area contributed by atoms with Crippen molar-refractivity contribution in [1.29, 1.82) is 0 Å². The van der Waals surface area contributed by atoms with Gasteiger partial charge in [-0.15, -0.1) is 0 Å². The first-order valence-electron chi connectivity index (χ1n) is 3.53. The Balaban J connectivity index is 3.75. The lowest BCUT2D eigenvalue weighted by atomic mass is 10.6. The molecule has 3 nitrogen and oxygen atoms in total. The minimum absolute atomic E-state index is 0.0141. The average Bonchev–Trinajstić information content (AvgIpc) is 1.84. The highest BCUT2D eigenvalue weighted by Crippen LogP contribution is 2.24. The molecule has 0 aromatic rings. The number of rotatable bonds is 4. The summed E-state index contributed by atoms with van der Waals surface area (Å²) in [5, 5.41) is 5.73. The number of hydrogen-bond acceptors (Lipinski definition) is 3. The Morgan fingerprint density at radius 2 is 2.25 bits per heavy atom. The predicted octanol–water partition coefficient (Wildman–Crippen LogP) is 1.61. The molecule has 1 amide bonds. The van der Waals surface area contributed by atoms with Gasteiger partial charge < -0.3 is 10.6 Å². The third kappa shape index (κ3) is 6.54. The van der Waals surface area contributed by atoms with E-state index in [-0.39, 0.29) is 11.3 Å². The molecule has 0 fully saturated rings. The van der Waals surface area contributed by atoms with Gasteiger partial charge in [0, 0.05) is 20.2 Å². The first-order chi connectivity index (χ1) is 5.56. The third-order valence-corrected chi connectivity index (χ3v) is 2.56. The van der Waals surface area contributed by atoms with Crippen LogP contribution in [-0.4, -0.2) is 18.3 Å². The topological polar surface area (TPSA) is 41.1 Å². The quantitative estimate of drug-likeness (QED) is 0.748. The van der Waals surface area contributed by atoms with Crippen LogP contribution in [0.25, 0.3) is 0 Å². The fraction of sp³-hybridized carbons (Fsp3) is 0.571. The zero-order valence-corrected chi connectivity index (χ0v) is 9.75. The largest absolute Gasteiger partial charge is 0.393 e. The lowest BCUT2D eigenvalue weighted by Gasteiger charge is -2.10. The van der Waals surface area contributed by atoms with Crippen LogP contribution in [0.1, 0.15) is 13.8 Å². The molecule has 0 saturated carbocycles. The first kappa shape index (κ1) is 11.8. The Morgan fingerprint density at radius 3 is 2.67 bits per heavy atom. The zero-order valence-electron chi connectivity index (χ0n) is 7.35. The van der Waals surface area contributed by atoms with Gasteiger partial charge in [0.05, 0.1) is 9.19 Å². The van der Waals surface area contributed by atoms with Gasteiger partial charge in [-0.05, 0) is 22.9 Å². The van der Waals surface area contributed by atoms with Crippen molar-refractivity contribution >= 4 is 33.6 Å². The maximum atomic E-state index is 10.6. The molecular formula is C7H13BrN2OS. The molecule has 0 heterocycles. The number of carbonyl (C=O) groups excluding carboxylic acids is 1. The standard InChI is InChI=1S/C7H13BrN2OS/c1-5(11)10-6(2)12-7(8)4-9-3/h4,6,9H,1-3H3,(H,10,11)/b7-4-. The summed E-state index contributed by atoms with van der Waals surface area (Å²) in [6.07, 6.45) is 1.82. The average molecular weight is 253 g/mol. The summed E-state index contributed by atoms with van der Waals surface area (Å²) in [5.74, 6) is -0.0141. The van der Waals surface area contributed by atoms with Gasteiger partial charge in [-0.2, -0.15) is 0 Å². The van der Waals surface area contributed by atoms with Crippen molar-refractivity contribution in [2.24, 2.45) is 0 Å². The summed E-state index contributed by atoms with van der Waals surface area (Å²) >= 11 is 4.87. The van der Waals surface area contributed by atoms with Crippen molar-refractivity contribution < 1.29 is 4.79 Å². The van der Waals surface area contributed by atoms with Crippen LogP contribution in [0.15, 0.2) is 10.0 Å². The van der Waals surface area contributed by atoms with E-state index in [1.165, 1.54) is 18.7 Å². The van der Waals surface area contributed by atoms with E-state index in [1.807, 2.05) is 20.2 Å². The van der Waals surface area contributed by atoms with Gasteiger partial charge in [-0.3, -0.25) is 4.79 Å². The highest BCUT2D eigenvalue weighted by molar-refractivity contribution is 9.14. The second kappa shape index (κ2) is 6.37. The Morgan fingerprint density at radius 1 is 1.67 bits per heavy atom. The minimum atomic E-state index is -0.0141. The van der Waals surface area contributed by atoms with Crippen LogP contribution in [-0.2, 0) is 4.79 Å². The molecule has 0 aliphatic rings. The molecular weight excluding hydrogens is 240 g/mol. The molecule has 0 spiro atoms. The van der Waals surface area contributed by atoms with Crippen LogP contribution in [0.4, 0.5) is 0 Å². The van der Waals surface area contributed by atoms with Crippen LogP contribution >= 0.6 is 27.7 Å². The first-order valence-corrected chi connectivity index (χ1v) is 5.20. The van der Waals surface area contributed by atoms with Gasteiger partial charge in [-0.1, -0.05) is 11.8 Å². The second-order valence-electron chi connectivity index (χ2n) is 2.20. The highest BCUT2D eigenvalue weighted by Gasteiger charge is 2.04. The highest BCUT2D eigenvalue weighted by atomic mass is 79.9. The lowest BCUT2D eigenvalue weighted by molar-refractivity contribution is -0.119. The zero-order chi connectivity index (χ0) is 9.56. The maximum absolute atomic E-state index is 10.6. The molecule has 1 atom stereocenters. The van der Waals surface area contributed by atoms with E-state index in [4.69, 9.17) is 0 Å². The fourth-order valence-corrected chi connectivity index (χ4v) is 2.45. The van der Waals surface area contributed by atoms with E-state index in [1.54, 1.807) is 0 Å². The number of carbonyl (C=O) groups is 1. The van der Waals surface area contributed by atoms with E-state index < -0.39 is 0 Å². The molecule has 5 heteroatoms. The number of thioether (sulfide) groups is 1. The Kier molecular flexibility index (Phi) is 6.28. The summed E-state index contributed by atoms with van der Waals surface area (Å²) in [4.78, 5) is 10.6. The van der Waals surface area contributed by atoms with Crippen molar-refractivity contribution in [2.45, 2.75) is 19.2 Å². The summed E-state index contributed by atoms with van der Waals surface area (Å²) in [6, 6.07) is 0. The van der Waals surface area contributed by atoms with Gasteiger partial charge in [0.2, 0.25) is 5.91 Å². The molecule has 70 valence electrons. The molecule has 0 radical (unpaired) electrons. The van der Waals surface area contributed by atoms with Gasteiger partial charge in [-0.25, -0.2) is 0 Å². The number of nitrogens with one attached hydrogen (secondary N) is 2. The SMILES string of the molecule is CN/C=C(/Br)SC(C)NC(C)=O. The van der Waals surface area contributed by atoms with Crippen molar-refractivity contribution in [3.8, 4) is 0 Å². The number of halogens is 1. The number of hydrogen-bond donors (Lipinski definition) is 2. The smallest absolute Gasteiger partial charge is 0.217 e. The van der Waals surface area contributed by atoms with Gasteiger partial charge >= 0.3 is 0 Å². The lowest BCUT2D eigenvalue weighted by Crippen LogP contribution is -2.27. The molecule has 0 saturated heterocycles. The maximum Gasteiger partial charge on any atom is 0.217 e. The Hall–Kier alpha value is -0.160. The van der Waals surface area contributed by atoms with E-state index in [9.17, 15) is 4.79 Å². The van der Waals surface area contributed by atoms with Crippen LogP contribution < -0.4 is 10.6 Å². The Bertz CT molecular complexity index is 184. The van der Waals surface area contributed by atoms with Crippen LogP contribution in [0.2, 0.25) is 0 Å². The third-order valence-electron chi connectivity index (χ3n) is 0.954. The normalized spacial score (nSPS) is 13.8. The van der Waals surface area contributed by atoms with Crippen LogP contribution in [0.3, 0.4) is 0 Å². The molecule has 12 heavy (non-hydrogen) atoms. The van der Waals surface area contributed by atoms with E-state index in [2.05, 4.69) is 26.6 Å². The summed E-state index contributed by atoms with van der Waals surface area (Å²) in [5.41, 5.74) is 0. The van der Waals surface area contributed by atoms with Gasteiger partial charge in [0.1, 0.15) is 0 Å². The summed E-state index contributed by atoms with van der Waals surface area (Å²) in [7, 11) is 1.82. The molecule has 1 unspecified atom stereocenters. The molecule has 0 aliphatic carbocycles. The van der Waals surface area contributed by atoms with E-state index in [0.717, 1.165) is 3.81 Å². The molecule has 0 aliphatic heterocycles. The van der Waals surface area contributed by atoms with E-state index in [0.29, 0.717) is 0 Å². The molecule has 0 bridgehead atoms. The predicted molar refractivity (Wildman–Crippen MR) is 56.9 cm³/mol. The number of amides is 1. The van der Waals surface area contributed by atoms with Gasteiger partial charge in [0.15, 0.2) is 0 Å². The summed E-state index contributed by atoms with van der Waals surface area (Å²) in [6.45, 7) is 3.43. The molecule has 0 aromatic heterocycles. The van der Waals surface area contributed by atoms with Crippen LogP contribution in [0.5, 0.6) is 0 Å².